The first-order valence-corrected chi connectivity index (χ1v) is 11.4. The molecule has 0 radical (unpaired) electrons. The van der Waals surface area contributed by atoms with Gasteiger partial charge in [0.05, 0.1) is 4.92 Å². The van der Waals surface area contributed by atoms with Crippen LogP contribution in [0.25, 0.3) is 11.8 Å². The fraction of sp³-hybridized carbons (Fsp3) is 0.0385. The molecule has 1 amide bonds. The standard InChI is InChI=1S/C26H18ClFN6O3/c27-19-9-5-17(6-10-19)22-15-23(18-7-11-20(28)12-8-18)33-26(29-22)31-25(32-33)30-24(35)13-4-16-2-1-3-21(14-16)34(36)37/h1-15,23H,(H2,29,30,31,32,35)/b13-4+/t23-/m1/s1. The van der Waals surface area contributed by atoms with Gasteiger partial charge in [0.1, 0.15) is 11.9 Å². The minimum absolute atomic E-state index is 0.0501. The predicted molar refractivity (Wildman–Crippen MR) is 138 cm³/mol. The summed E-state index contributed by atoms with van der Waals surface area (Å²) >= 11 is 6.03. The summed E-state index contributed by atoms with van der Waals surface area (Å²) in [6.45, 7) is 0. The van der Waals surface area contributed by atoms with Crippen molar-refractivity contribution in [1.29, 1.82) is 0 Å². The van der Waals surface area contributed by atoms with Crippen LogP contribution < -0.4 is 10.6 Å². The Hall–Kier alpha value is -4.83. The van der Waals surface area contributed by atoms with Gasteiger partial charge in [-0.1, -0.05) is 48.0 Å². The van der Waals surface area contributed by atoms with E-state index in [-0.39, 0.29) is 17.5 Å². The highest BCUT2D eigenvalue weighted by atomic mass is 35.5. The number of carbonyl (C=O) groups excluding carboxylic acids is 1. The second kappa shape index (κ2) is 10.0. The molecule has 9 nitrogen and oxygen atoms in total. The van der Waals surface area contributed by atoms with Crippen LogP contribution in [0.1, 0.15) is 22.7 Å². The number of fused-ring (bicyclic) bond motifs is 1. The number of hydrogen-bond acceptors (Lipinski definition) is 6. The molecule has 1 aliphatic rings. The van der Waals surface area contributed by atoms with E-state index in [0.29, 0.717) is 16.5 Å². The Morgan fingerprint density at radius 3 is 2.62 bits per heavy atom. The summed E-state index contributed by atoms with van der Waals surface area (Å²) in [5.41, 5.74) is 2.79. The van der Waals surface area contributed by atoms with Gasteiger partial charge < -0.3 is 5.32 Å². The van der Waals surface area contributed by atoms with Crippen molar-refractivity contribution in [2.24, 2.45) is 0 Å². The number of anilines is 2. The van der Waals surface area contributed by atoms with Gasteiger partial charge >= 0.3 is 0 Å². The minimum atomic E-state index is -0.515. The monoisotopic (exact) mass is 516 g/mol. The number of aromatic nitrogens is 3. The molecule has 4 aromatic rings. The van der Waals surface area contributed by atoms with Gasteiger partial charge in [-0.05, 0) is 53.1 Å². The summed E-state index contributed by atoms with van der Waals surface area (Å²) < 4.78 is 15.2. The second-order valence-electron chi connectivity index (χ2n) is 8.09. The maximum atomic E-state index is 13.6. The lowest BCUT2D eigenvalue weighted by atomic mass is 10.0. The van der Waals surface area contributed by atoms with Crippen molar-refractivity contribution in [3.05, 3.63) is 123 Å². The molecular formula is C26H18ClFN6O3. The average molecular weight is 517 g/mol. The van der Waals surface area contributed by atoms with Crippen molar-refractivity contribution in [3.63, 3.8) is 0 Å². The number of nitrogens with zero attached hydrogens (tertiary/aromatic N) is 4. The molecule has 0 saturated heterocycles. The third-order valence-electron chi connectivity index (χ3n) is 5.58. The number of halogens is 2. The van der Waals surface area contributed by atoms with Crippen LogP contribution >= 0.6 is 11.6 Å². The third kappa shape index (κ3) is 5.39. The van der Waals surface area contributed by atoms with Crippen molar-refractivity contribution in [2.75, 3.05) is 10.6 Å². The molecule has 0 spiro atoms. The Labute approximate surface area is 215 Å². The van der Waals surface area contributed by atoms with Crippen LogP contribution in [-0.4, -0.2) is 25.6 Å². The molecule has 1 atom stereocenters. The van der Waals surface area contributed by atoms with Gasteiger partial charge in [-0.3, -0.25) is 20.2 Å². The van der Waals surface area contributed by atoms with Crippen LogP contribution in [-0.2, 0) is 4.79 Å². The van der Waals surface area contributed by atoms with Gasteiger partial charge in [0, 0.05) is 28.9 Å². The van der Waals surface area contributed by atoms with Crippen molar-refractivity contribution in [1.82, 2.24) is 14.8 Å². The smallest absolute Gasteiger partial charge is 0.270 e. The molecule has 5 rings (SSSR count). The lowest BCUT2D eigenvalue weighted by Gasteiger charge is -2.24. The Morgan fingerprint density at radius 2 is 1.89 bits per heavy atom. The molecule has 0 unspecified atom stereocenters. The first-order valence-electron chi connectivity index (χ1n) is 11.1. The van der Waals surface area contributed by atoms with Crippen molar-refractivity contribution < 1.29 is 14.1 Å². The SMILES string of the molecule is O=C(/C=C/c1cccc([N+](=O)[O-])c1)Nc1nc2n(n1)[C@@H](c1ccc(F)cc1)C=C(c1ccc(Cl)cc1)N2. The highest BCUT2D eigenvalue weighted by Gasteiger charge is 2.25. The van der Waals surface area contributed by atoms with E-state index < -0.39 is 16.9 Å². The first kappa shape index (κ1) is 23.9. The molecule has 11 heteroatoms. The summed E-state index contributed by atoms with van der Waals surface area (Å²) in [7, 11) is 0. The van der Waals surface area contributed by atoms with Crippen LogP contribution in [0.4, 0.5) is 22.0 Å². The fourth-order valence-electron chi connectivity index (χ4n) is 3.81. The number of hydrogen-bond donors (Lipinski definition) is 2. The molecule has 184 valence electrons. The largest absolute Gasteiger partial charge is 0.324 e. The van der Waals surface area contributed by atoms with Gasteiger partial charge in [-0.25, -0.2) is 9.07 Å². The third-order valence-corrected chi connectivity index (χ3v) is 5.83. The van der Waals surface area contributed by atoms with Gasteiger partial charge in [-0.2, -0.15) is 4.98 Å². The van der Waals surface area contributed by atoms with Gasteiger partial charge in [0.2, 0.25) is 5.95 Å². The zero-order valence-electron chi connectivity index (χ0n) is 19.0. The predicted octanol–water partition coefficient (Wildman–Crippen LogP) is 5.69. The first-order chi connectivity index (χ1) is 17.9. The molecule has 3 aromatic carbocycles. The van der Waals surface area contributed by atoms with E-state index in [0.717, 1.165) is 16.8 Å². The van der Waals surface area contributed by atoms with Gasteiger partial charge in [0.15, 0.2) is 0 Å². The Kier molecular flexibility index (Phi) is 6.48. The lowest BCUT2D eigenvalue weighted by Crippen LogP contribution is -2.20. The molecule has 0 aliphatic carbocycles. The second-order valence-corrected chi connectivity index (χ2v) is 8.52. The molecule has 2 heterocycles. The summed E-state index contributed by atoms with van der Waals surface area (Å²) in [6.07, 6.45) is 4.62. The lowest BCUT2D eigenvalue weighted by molar-refractivity contribution is -0.384. The molecule has 0 fully saturated rings. The van der Waals surface area contributed by atoms with E-state index in [1.807, 2.05) is 18.2 Å². The van der Waals surface area contributed by atoms with E-state index in [1.165, 1.54) is 42.5 Å². The van der Waals surface area contributed by atoms with E-state index in [2.05, 4.69) is 20.7 Å². The topological polar surface area (TPSA) is 115 Å². The average Bonchev–Trinajstić information content (AvgIpc) is 3.30. The Balaban J connectivity index is 1.41. The number of benzene rings is 3. The van der Waals surface area contributed by atoms with E-state index >= 15 is 0 Å². The number of nitrogens with one attached hydrogen (secondary N) is 2. The Morgan fingerprint density at radius 1 is 1.14 bits per heavy atom. The van der Waals surface area contributed by atoms with E-state index in [4.69, 9.17) is 11.6 Å². The van der Waals surface area contributed by atoms with Crippen molar-refractivity contribution >= 4 is 46.9 Å². The number of amides is 1. The maximum Gasteiger partial charge on any atom is 0.270 e. The summed E-state index contributed by atoms with van der Waals surface area (Å²) in [5, 5.41) is 21.8. The number of non-ortho nitro benzene ring substituents is 1. The van der Waals surface area contributed by atoms with Crippen LogP contribution in [0.3, 0.4) is 0 Å². The molecule has 0 bridgehead atoms. The number of nitro benzene ring substituents is 1. The molecule has 2 N–H and O–H groups in total. The van der Waals surface area contributed by atoms with Gasteiger partial charge in [0.25, 0.3) is 17.5 Å². The van der Waals surface area contributed by atoms with Crippen molar-refractivity contribution in [3.8, 4) is 0 Å². The zero-order chi connectivity index (χ0) is 25.9. The van der Waals surface area contributed by atoms with Crippen LogP contribution in [0, 0.1) is 15.9 Å². The maximum absolute atomic E-state index is 13.6. The van der Waals surface area contributed by atoms with Crippen LogP contribution in [0.2, 0.25) is 5.02 Å². The van der Waals surface area contributed by atoms with Crippen LogP contribution in [0.15, 0.2) is 84.9 Å². The normalized spacial score (nSPS) is 14.5. The van der Waals surface area contributed by atoms with Crippen LogP contribution in [0.5, 0.6) is 0 Å². The number of carbonyl (C=O) groups is 1. The molecule has 1 aromatic heterocycles. The van der Waals surface area contributed by atoms with Gasteiger partial charge in [-0.15, -0.1) is 5.10 Å². The summed E-state index contributed by atoms with van der Waals surface area (Å²) in [6, 6.07) is 18.8. The number of nitro groups is 1. The highest BCUT2D eigenvalue weighted by Crippen LogP contribution is 2.33. The molecule has 37 heavy (non-hydrogen) atoms. The molecule has 0 saturated carbocycles. The summed E-state index contributed by atoms with van der Waals surface area (Å²) in [5.74, 6) is -0.450. The zero-order valence-corrected chi connectivity index (χ0v) is 19.8. The highest BCUT2D eigenvalue weighted by molar-refractivity contribution is 6.30. The minimum Gasteiger partial charge on any atom is -0.324 e. The quantitative estimate of drug-likeness (QED) is 0.193. The van der Waals surface area contributed by atoms with E-state index in [1.54, 1.807) is 35.0 Å². The number of rotatable bonds is 6. The van der Waals surface area contributed by atoms with E-state index in [9.17, 15) is 19.3 Å². The molecular weight excluding hydrogens is 499 g/mol. The fourth-order valence-corrected chi connectivity index (χ4v) is 3.93. The number of allylic oxidation sites excluding steroid dienone is 1. The summed E-state index contributed by atoms with van der Waals surface area (Å²) in [4.78, 5) is 27.4. The Bertz CT molecular complexity index is 1550. The van der Waals surface area contributed by atoms with Crippen molar-refractivity contribution in [2.45, 2.75) is 6.04 Å². The molecule has 1 aliphatic heterocycles.